The third-order valence-corrected chi connectivity index (χ3v) is 19.1. The van der Waals surface area contributed by atoms with Crippen molar-refractivity contribution in [3.05, 3.63) is 143 Å². The molecule has 2 aliphatic heterocycles. The van der Waals surface area contributed by atoms with E-state index in [0.717, 1.165) is 39.4 Å². The Morgan fingerprint density at radius 3 is 2.10 bits per heavy atom. The molecule has 0 spiro atoms. The van der Waals surface area contributed by atoms with Crippen LogP contribution in [0.25, 0.3) is 11.1 Å². The van der Waals surface area contributed by atoms with Crippen molar-refractivity contribution >= 4 is 74.7 Å². The van der Waals surface area contributed by atoms with E-state index in [1.165, 1.54) is 23.9 Å². The molecule has 0 radical (unpaired) electrons. The number of phosphoric ester groups is 1. The first kappa shape index (κ1) is 58.5. The Kier molecular flexibility index (Phi) is 21.1. The minimum atomic E-state index is -6.01. The van der Waals surface area contributed by atoms with E-state index in [2.05, 4.69) is 9.80 Å². The summed E-state index contributed by atoms with van der Waals surface area (Å²) in [5.74, 6) is -1.87. The van der Waals surface area contributed by atoms with E-state index in [1.807, 2.05) is 66.7 Å². The Morgan fingerprint density at radius 1 is 0.836 bits per heavy atom. The number of carbonyl (C=O) groups excluding carboxylic acids is 1. The van der Waals surface area contributed by atoms with E-state index in [0.29, 0.717) is 82.0 Å². The molecule has 0 aliphatic carbocycles. The third-order valence-electron chi connectivity index (χ3n) is 12.8. The molecule has 5 aromatic rings. The normalized spacial score (nSPS) is 16.2. The topological polar surface area (TPSA) is 146 Å². The molecule has 0 aromatic heterocycles. The summed E-state index contributed by atoms with van der Waals surface area (Å²) in [5.41, 5.74) is -2.49. The van der Waals surface area contributed by atoms with Gasteiger partial charge < -0.3 is 9.64 Å². The van der Waals surface area contributed by atoms with E-state index in [9.17, 15) is 39.4 Å². The van der Waals surface area contributed by atoms with Crippen molar-refractivity contribution in [2.75, 3.05) is 75.6 Å². The molecule has 396 valence electrons. The number of rotatable bonds is 23. The van der Waals surface area contributed by atoms with Crippen LogP contribution in [0.2, 0.25) is 5.02 Å². The fourth-order valence-electron chi connectivity index (χ4n) is 8.99. The number of sulfone groups is 2. The quantitative estimate of drug-likeness (QED) is 0.0348. The maximum Gasteiger partial charge on any atom is 0.501 e. The molecule has 2 heterocycles. The van der Waals surface area contributed by atoms with E-state index >= 15 is 0 Å². The van der Waals surface area contributed by atoms with Crippen molar-refractivity contribution in [2.24, 2.45) is 11.8 Å². The number of nitrogens with zero attached hydrogens (tertiary/aromatic N) is 2. The van der Waals surface area contributed by atoms with Crippen LogP contribution >= 0.6 is 43.6 Å². The number of Topliss-reactive ketones (excluding diaryl/α,β-unsaturated/α-hetero) is 1. The minimum Gasteiger partial charge on any atom is -0.379 e. The van der Waals surface area contributed by atoms with Crippen LogP contribution in [0.15, 0.2) is 136 Å². The molecule has 7 rings (SSSR count). The van der Waals surface area contributed by atoms with Crippen LogP contribution in [0.4, 0.5) is 18.9 Å². The molecule has 0 saturated carbocycles. The van der Waals surface area contributed by atoms with Gasteiger partial charge in [-0.2, -0.15) is 13.2 Å². The van der Waals surface area contributed by atoms with Crippen LogP contribution in [-0.4, -0.2) is 104 Å². The van der Waals surface area contributed by atoms with Gasteiger partial charge in [-0.3, -0.25) is 23.3 Å². The van der Waals surface area contributed by atoms with Gasteiger partial charge in [0.25, 0.3) is 9.84 Å². The second-order valence-electron chi connectivity index (χ2n) is 17.6. The minimum absolute atomic E-state index is 0. The lowest BCUT2D eigenvalue weighted by molar-refractivity contribution is -0.0436. The van der Waals surface area contributed by atoms with Gasteiger partial charge in [0.1, 0.15) is 5.75 Å². The zero-order valence-corrected chi connectivity index (χ0v) is 45.4. The lowest BCUT2D eigenvalue weighted by atomic mass is 9.84. The predicted molar refractivity (Wildman–Crippen MR) is 283 cm³/mol. The first-order valence-corrected chi connectivity index (χ1v) is 29.8. The monoisotopic (exact) mass is 1130 g/mol. The zero-order valence-electron chi connectivity index (χ0n) is 40.5. The van der Waals surface area contributed by atoms with Crippen LogP contribution in [0, 0.1) is 11.8 Å². The van der Waals surface area contributed by atoms with Crippen LogP contribution in [0.1, 0.15) is 60.7 Å². The van der Waals surface area contributed by atoms with Gasteiger partial charge in [0, 0.05) is 53.1 Å². The van der Waals surface area contributed by atoms with Gasteiger partial charge >= 0.3 is 13.3 Å². The van der Waals surface area contributed by atoms with Gasteiger partial charge in [0.15, 0.2) is 15.6 Å². The number of halogens is 5. The van der Waals surface area contributed by atoms with Crippen molar-refractivity contribution in [2.45, 2.75) is 65.8 Å². The molecule has 12 nitrogen and oxygen atoms in total. The van der Waals surface area contributed by atoms with Crippen LogP contribution in [0.5, 0.6) is 0 Å². The van der Waals surface area contributed by atoms with Gasteiger partial charge in [-0.25, -0.2) is 21.4 Å². The molecule has 0 N–H and O–H groups in total. The number of benzene rings is 5. The molecular weight excluding hydrogens is 1070 g/mol. The average Bonchev–Trinajstić information content (AvgIpc) is 3.37. The second-order valence-corrected chi connectivity index (χ2v) is 24.7. The van der Waals surface area contributed by atoms with Crippen LogP contribution in [0.3, 0.4) is 0 Å². The van der Waals surface area contributed by atoms with Gasteiger partial charge in [-0.15, -0.1) is 24.2 Å². The van der Waals surface area contributed by atoms with E-state index < -0.39 is 60.4 Å². The second kappa shape index (κ2) is 26.3. The molecule has 2 fully saturated rings. The number of carbonyl (C=O) groups is 1. The summed E-state index contributed by atoms with van der Waals surface area (Å²) >= 11 is 7.72. The number of phosphoric acid groups is 1. The summed E-state index contributed by atoms with van der Waals surface area (Å²) in [6.07, 6.45) is 1.00. The number of ketones is 1. The third kappa shape index (κ3) is 15.4. The lowest BCUT2D eigenvalue weighted by Gasteiger charge is -2.38. The predicted octanol–water partition coefficient (Wildman–Crippen LogP) is 12.2. The zero-order chi connectivity index (χ0) is 51.5. The van der Waals surface area contributed by atoms with Crippen molar-refractivity contribution in [3.63, 3.8) is 0 Å². The molecule has 73 heavy (non-hydrogen) atoms. The summed E-state index contributed by atoms with van der Waals surface area (Å²) in [6, 6.07) is 33.7. The number of hydrogen-bond acceptors (Lipinski definition) is 13. The molecule has 2 saturated heterocycles. The Labute approximate surface area is 442 Å². The highest BCUT2D eigenvalue weighted by Gasteiger charge is 2.48. The molecule has 0 unspecified atom stereocenters. The lowest BCUT2D eigenvalue weighted by Crippen LogP contribution is -2.37. The Bertz CT molecular complexity index is 2860. The van der Waals surface area contributed by atoms with Crippen molar-refractivity contribution < 1.29 is 57.7 Å². The Morgan fingerprint density at radius 2 is 1.47 bits per heavy atom. The highest BCUT2D eigenvalue weighted by atomic mass is 35.5. The molecule has 0 bridgehead atoms. The maximum atomic E-state index is 14.3. The number of hydrogen-bond donors (Lipinski definition) is 0. The Hall–Kier alpha value is -3.78. The first-order valence-electron chi connectivity index (χ1n) is 23.8. The summed E-state index contributed by atoms with van der Waals surface area (Å²) in [5, 5.41) is 0.586. The number of morpholine rings is 1. The standard InChI is InChI=1S/C52H59ClF3N2O10PS3.ClH/c1-3-66-69(60,67-4-2)68-51(48-13-9-8-12-47(48)39-14-19-43(53)20-15-39)41-25-28-58(29-26-41)44-21-16-40(17-22-44)49(59)37-71(61,62)46-23-18-42(50(35-46)72(63,64)52(54,55)56)34-38(24-27-57-30-32-65-33-31-57)36-70-45-10-6-5-7-11-45;/h5-23,35,38,41,51H,3-4,24-34,36-37H2,1-2H3;1H/t38-,51+;/m0./s1. The Balaban J connectivity index is 0.00000869. The SMILES string of the molecule is CCOP(=O)(OCC)O[C@@H](c1ccccc1-c1ccc(Cl)cc1)C1CCN(c2ccc(C(=O)CS(=O)(=O)c3ccc(C[C@H](CCN4CCOCC4)CSc4ccccc4)c(S(=O)(=O)C(F)(F)F)c3)cc2)CC1.Cl. The van der Waals surface area contributed by atoms with E-state index in [-0.39, 0.29) is 55.0 Å². The number of ether oxygens (including phenoxy) is 1. The largest absolute Gasteiger partial charge is 0.501 e. The summed E-state index contributed by atoms with van der Waals surface area (Å²) in [4.78, 5) is 17.0. The molecule has 21 heteroatoms. The van der Waals surface area contributed by atoms with Crippen molar-refractivity contribution in [1.82, 2.24) is 4.90 Å². The van der Waals surface area contributed by atoms with E-state index in [1.54, 1.807) is 38.1 Å². The fourth-order valence-corrected chi connectivity index (χ4v) is 13.9. The van der Waals surface area contributed by atoms with Crippen molar-refractivity contribution in [1.29, 1.82) is 0 Å². The van der Waals surface area contributed by atoms with Crippen LogP contribution in [-0.2, 0) is 49.0 Å². The van der Waals surface area contributed by atoms with Crippen molar-refractivity contribution in [3.8, 4) is 11.1 Å². The average molecular weight is 1130 g/mol. The van der Waals surface area contributed by atoms with E-state index in [4.69, 9.17) is 29.9 Å². The van der Waals surface area contributed by atoms with Gasteiger partial charge in [0.2, 0.25) is 0 Å². The highest BCUT2D eigenvalue weighted by Crippen LogP contribution is 2.56. The van der Waals surface area contributed by atoms with Gasteiger partial charge in [-0.1, -0.05) is 72.3 Å². The fraction of sp³-hybridized carbons (Fsp3) is 0.404. The van der Waals surface area contributed by atoms with Crippen LogP contribution < -0.4 is 4.90 Å². The number of thioether (sulfide) groups is 1. The number of anilines is 1. The summed E-state index contributed by atoms with van der Waals surface area (Å²) in [6.45, 7) is 7.85. The smallest absolute Gasteiger partial charge is 0.379 e. The molecule has 2 aliphatic rings. The highest BCUT2D eigenvalue weighted by molar-refractivity contribution is 7.99. The maximum absolute atomic E-state index is 14.3. The van der Waals surface area contributed by atoms with Gasteiger partial charge in [-0.05, 0) is 141 Å². The summed E-state index contributed by atoms with van der Waals surface area (Å²) in [7, 11) is -14.6. The number of alkyl halides is 3. The first-order chi connectivity index (χ1) is 34.4. The summed E-state index contributed by atoms with van der Waals surface area (Å²) < 4.78 is 134. The molecule has 0 amide bonds. The molecular formula is C52H60Cl2F3N2O10PS3. The molecule has 5 aromatic carbocycles. The van der Waals surface area contributed by atoms with Gasteiger partial charge in [0.05, 0.1) is 42.3 Å². The number of piperidine rings is 1. The molecule has 2 atom stereocenters.